The molecule has 140 valence electrons. The molecular weight excluding hydrogens is 340 g/mol. The third-order valence-electron chi connectivity index (χ3n) is 6.64. The summed E-state index contributed by atoms with van der Waals surface area (Å²) in [6.07, 6.45) is 5.16. The lowest BCUT2D eigenvalue weighted by Gasteiger charge is -2.48. The van der Waals surface area contributed by atoms with Crippen LogP contribution < -0.4 is 5.56 Å². The highest BCUT2D eigenvalue weighted by molar-refractivity contribution is 5.88. The van der Waals surface area contributed by atoms with Gasteiger partial charge in [-0.05, 0) is 54.5 Å². The molecule has 2 atom stereocenters. The highest BCUT2D eigenvalue weighted by Crippen LogP contribution is 2.39. The van der Waals surface area contributed by atoms with Gasteiger partial charge in [0.15, 0.2) is 0 Å². The molecule has 1 saturated carbocycles. The first-order chi connectivity index (χ1) is 13.1. The van der Waals surface area contributed by atoms with Crippen LogP contribution in [0.15, 0.2) is 41.2 Å². The van der Waals surface area contributed by atoms with E-state index in [4.69, 9.17) is 5.11 Å². The van der Waals surface area contributed by atoms with Crippen molar-refractivity contribution in [2.75, 3.05) is 13.1 Å². The number of fused-ring (bicyclic) bond motifs is 4. The second kappa shape index (κ2) is 6.34. The first-order valence-electron chi connectivity index (χ1n) is 9.91. The predicted octanol–water partition coefficient (Wildman–Crippen LogP) is 3.19. The van der Waals surface area contributed by atoms with Crippen LogP contribution in [0.5, 0.6) is 0 Å². The maximum Gasteiger partial charge on any atom is 0.335 e. The molecule has 0 amide bonds. The second-order valence-electron chi connectivity index (χ2n) is 8.34. The van der Waals surface area contributed by atoms with Crippen molar-refractivity contribution in [2.24, 2.45) is 5.92 Å². The molecule has 5 nitrogen and oxygen atoms in total. The van der Waals surface area contributed by atoms with Crippen LogP contribution in [0.3, 0.4) is 0 Å². The van der Waals surface area contributed by atoms with Crippen molar-refractivity contribution in [1.82, 2.24) is 9.47 Å². The standard InChI is InChI=1S/C22H24N2O3/c25-21-10-17(15-4-6-16(7-5-15)22(26)27)9-20-18-8-14(12-24(20)21)11-23(13-18)19-2-1-3-19/h4-7,9-10,14,18-19H,1-3,8,11-13H2,(H,26,27)/t14-,18+/m0/s1. The van der Waals surface area contributed by atoms with E-state index < -0.39 is 5.97 Å². The normalized spacial score (nSPS) is 24.9. The average molecular weight is 364 g/mol. The fourth-order valence-corrected chi connectivity index (χ4v) is 5.02. The first kappa shape index (κ1) is 16.8. The summed E-state index contributed by atoms with van der Waals surface area (Å²) in [5, 5.41) is 9.08. The molecule has 1 N–H and O–H groups in total. The minimum absolute atomic E-state index is 0.0663. The summed E-state index contributed by atoms with van der Waals surface area (Å²) in [5.74, 6) is 0.0655. The zero-order valence-electron chi connectivity index (χ0n) is 15.3. The van der Waals surface area contributed by atoms with E-state index in [-0.39, 0.29) is 11.1 Å². The van der Waals surface area contributed by atoms with Gasteiger partial charge in [0.05, 0.1) is 5.56 Å². The zero-order chi connectivity index (χ0) is 18.5. The molecule has 2 bridgehead atoms. The van der Waals surface area contributed by atoms with Crippen molar-refractivity contribution in [3.63, 3.8) is 0 Å². The van der Waals surface area contributed by atoms with E-state index in [1.165, 1.54) is 25.7 Å². The van der Waals surface area contributed by atoms with Crippen molar-refractivity contribution in [3.05, 3.63) is 58.0 Å². The molecular formula is C22H24N2O3. The molecule has 1 aromatic carbocycles. The Hall–Kier alpha value is -2.40. The summed E-state index contributed by atoms with van der Waals surface area (Å²) in [7, 11) is 0. The van der Waals surface area contributed by atoms with E-state index in [2.05, 4.69) is 11.0 Å². The molecule has 1 aromatic heterocycles. The number of piperidine rings is 1. The summed E-state index contributed by atoms with van der Waals surface area (Å²) >= 11 is 0. The Morgan fingerprint density at radius 1 is 1.00 bits per heavy atom. The number of aromatic nitrogens is 1. The lowest BCUT2D eigenvalue weighted by Crippen LogP contribution is -2.52. The number of likely N-dealkylation sites (tertiary alicyclic amines) is 1. The lowest BCUT2D eigenvalue weighted by molar-refractivity contribution is 0.0477. The molecule has 1 saturated heterocycles. The van der Waals surface area contributed by atoms with E-state index in [0.717, 1.165) is 42.5 Å². The lowest BCUT2D eigenvalue weighted by atomic mass is 9.79. The van der Waals surface area contributed by atoms with Crippen molar-refractivity contribution in [2.45, 2.75) is 44.2 Å². The van der Waals surface area contributed by atoms with Gasteiger partial charge in [0.1, 0.15) is 0 Å². The molecule has 3 heterocycles. The van der Waals surface area contributed by atoms with Gasteiger partial charge in [-0.3, -0.25) is 9.69 Å². The topological polar surface area (TPSA) is 62.5 Å². The molecule has 5 rings (SSSR count). The third kappa shape index (κ3) is 2.90. The Morgan fingerprint density at radius 3 is 2.44 bits per heavy atom. The van der Waals surface area contributed by atoms with Crippen LogP contribution >= 0.6 is 0 Å². The van der Waals surface area contributed by atoms with Gasteiger partial charge >= 0.3 is 5.97 Å². The van der Waals surface area contributed by atoms with E-state index >= 15 is 0 Å². The van der Waals surface area contributed by atoms with Crippen LogP contribution in [-0.4, -0.2) is 39.7 Å². The largest absolute Gasteiger partial charge is 0.478 e. The summed E-state index contributed by atoms with van der Waals surface area (Å²) in [5.41, 5.74) is 3.27. The molecule has 2 fully saturated rings. The number of carbonyl (C=O) groups is 1. The fourth-order valence-electron chi connectivity index (χ4n) is 5.02. The Balaban J connectivity index is 1.50. The number of carboxylic acid groups (broad SMARTS) is 1. The van der Waals surface area contributed by atoms with Crippen LogP contribution in [0.1, 0.15) is 47.7 Å². The smallest absolute Gasteiger partial charge is 0.335 e. The van der Waals surface area contributed by atoms with E-state index in [1.807, 2.05) is 4.57 Å². The summed E-state index contributed by atoms with van der Waals surface area (Å²) < 4.78 is 1.98. The molecule has 1 aliphatic carbocycles. The Kier molecular flexibility index (Phi) is 3.93. The Bertz CT molecular complexity index is 943. The number of aromatic carboxylic acids is 1. The molecule has 0 spiro atoms. The Labute approximate surface area is 158 Å². The van der Waals surface area contributed by atoms with E-state index in [1.54, 1.807) is 30.3 Å². The monoisotopic (exact) mass is 364 g/mol. The maximum atomic E-state index is 12.8. The first-order valence-corrected chi connectivity index (χ1v) is 9.91. The van der Waals surface area contributed by atoms with Crippen molar-refractivity contribution in [1.29, 1.82) is 0 Å². The number of pyridine rings is 1. The average Bonchev–Trinajstić information content (AvgIpc) is 2.61. The summed E-state index contributed by atoms with van der Waals surface area (Å²) in [4.78, 5) is 26.5. The van der Waals surface area contributed by atoms with Crippen molar-refractivity contribution >= 4 is 5.97 Å². The van der Waals surface area contributed by atoms with E-state index in [0.29, 0.717) is 11.8 Å². The summed E-state index contributed by atoms with van der Waals surface area (Å²) in [6, 6.07) is 11.4. The summed E-state index contributed by atoms with van der Waals surface area (Å²) in [6.45, 7) is 3.01. The molecule has 5 heteroatoms. The van der Waals surface area contributed by atoms with Gasteiger partial charge in [0.25, 0.3) is 5.56 Å². The third-order valence-corrected chi connectivity index (χ3v) is 6.64. The number of benzene rings is 1. The van der Waals surface area contributed by atoms with Crippen LogP contribution in [0.4, 0.5) is 0 Å². The van der Waals surface area contributed by atoms with E-state index in [9.17, 15) is 9.59 Å². The number of hydrogen-bond acceptors (Lipinski definition) is 3. The zero-order valence-corrected chi connectivity index (χ0v) is 15.3. The minimum atomic E-state index is -0.934. The molecule has 3 aliphatic rings. The van der Waals surface area contributed by atoms with Crippen LogP contribution in [-0.2, 0) is 6.54 Å². The predicted molar refractivity (Wildman–Crippen MR) is 103 cm³/mol. The number of rotatable bonds is 3. The van der Waals surface area contributed by atoms with Gasteiger partial charge in [-0.1, -0.05) is 18.6 Å². The Morgan fingerprint density at radius 2 is 1.78 bits per heavy atom. The van der Waals surface area contributed by atoms with Crippen molar-refractivity contribution in [3.8, 4) is 11.1 Å². The van der Waals surface area contributed by atoms with Gasteiger partial charge in [0, 0.05) is 43.4 Å². The fraction of sp³-hybridized carbons (Fsp3) is 0.455. The second-order valence-corrected chi connectivity index (χ2v) is 8.34. The van der Waals surface area contributed by atoms with Crippen LogP contribution in [0.25, 0.3) is 11.1 Å². The maximum absolute atomic E-state index is 12.8. The number of nitrogens with zero attached hydrogens (tertiary/aromatic N) is 2. The highest BCUT2D eigenvalue weighted by atomic mass is 16.4. The molecule has 0 radical (unpaired) electrons. The number of hydrogen-bond donors (Lipinski definition) is 1. The van der Waals surface area contributed by atoms with Gasteiger partial charge in [-0.25, -0.2) is 4.79 Å². The van der Waals surface area contributed by atoms with Gasteiger partial charge in [-0.15, -0.1) is 0 Å². The molecule has 2 aliphatic heterocycles. The molecule has 27 heavy (non-hydrogen) atoms. The molecule has 0 unspecified atom stereocenters. The quantitative estimate of drug-likeness (QED) is 0.909. The number of carboxylic acids is 1. The highest BCUT2D eigenvalue weighted by Gasteiger charge is 2.38. The van der Waals surface area contributed by atoms with Crippen LogP contribution in [0, 0.1) is 5.92 Å². The van der Waals surface area contributed by atoms with Gasteiger partial charge in [-0.2, -0.15) is 0 Å². The van der Waals surface area contributed by atoms with Gasteiger partial charge < -0.3 is 9.67 Å². The minimum Gasteiger partial charge on any atom is -0.478 e. The van der Waals surface area contributed by atoms with Crippen LogP contribution in [0.2, 0.25) is 0 Å². The van der Waals surface area contributed by atoms with Gasteiger partial charge in [0.2, 0.25) is 0 Å². The SMILES string of the molecule is O=C(O)c1ccc(-c2cc3n(c(=O)c2)C[C@H]2C[C@@H]3CN(C3CCC3)C2)cc1. The molecule has 2 aromatic rings. The van der Waals surface area contributed by atoms with Crippen molar-refractivity contribution < 1.29 is 9.90 Å².